The second-order valence-corrected chi connectivity index (χ2v) is 16.5. The second-order valence-electron chi connectivity index (χ2n) is 15.4. The van der Waals surface area contributed by atoms with Gasteiger partial charge < -0.3 is 10.2 Å². The van der Waals surface area contributed by atoms with Crippen molar-refractivity contribution in [2.45, 2.75) is 25.7 Å². The Morgan fingerprint density at radius 3 is 2.28 bits per heavy atom. The molecule has 0 saturated heterocycles. The molecule has 58 heavy (non-hydrogen) atoms. The molecule has 9 aromatic rings. The SMILES string of the molecule is C=C(N=C(/C=C(\N)c1cccc(-c2cccc3c2sc2ccccc23)c1)c1ccccc1)c1cccc2oc3ccc(-c4ccc(C5C=CC(C)CC5)cc4)cc3c12. The zero-order valence-corrected chi connectivity index (χ0v) is 33.2. The van der Waals surface area contributed by atoms with Crippen molar-refractivity contribution >= 4 is 70.6 Å². The Balaban J connectivity index is 1.01. The van der Waals surface area contributed by atoms with Gasteiger partial charge in [0, 0.05) is 53.7 Å². The van der Waals surface area contributed by atoms with E-state index in [9.17, 15) is 0 Å². The molecule has 10 rings (SSSR count). The summed E-state index contributed by atoms with van der Waals surface area (Å²) in [5.41, 5.74) is 19.4. The van der Waals surface area contributed by atoms with Crippen molar-refractivity contribution in [3.05, 3.63) is 205 Å². The lowest BCUT2D eigenvalue weighted by Gasteiger charge is -2.20. The molecule has 0 bridgehead atoms. The lowest BCUT2D eigenvalue weighted by Crippen LogP contribution is -2.04. The van der Waals surface area contributed by atoms with E-state index in [0.717, 1.165) is 55.5 Å². The quantitative estimate of drug-likeness (QED) is 0.124. The van der Waals surface area contributed by atoms with Gasteiger partial charge in [-0.3, -0.25) is 0 Å². The fraction of sp³-hybridized carbons (Fsp3) is 0.0926. The summed E-state index contributed by atoms with van der Waals surface area (Å²) in [4.78, 5) is 5.22. The molecule has 280 valence electrons. The molecule has 7 aromatic carbocycles. The highest BCUT2D eigenvalue weighted by Crippen LogP contribution is 2.41. The van der Waals surface area contributed by atoms with Crippen molar-refractivity contribution in [2.24, 2.45) is 16.6 Å². The van der Waals surface area contributed by atoms with Crippen LogP contribution in [0.2, 0.25) is 0 Å². The molecule has 0 spiro atoms. The van der Waals surface area contributed by atoms with E-state index in [1.807, 2.05) is 47.7 Å². The maximum absolute atomic E-state index is 6.98. The summed E-state index contributed by atoms with van der Waals surface area (Å²) in [6.45, 7) is 6.84. The fourth-order valence-corrected chi connectivity index (χ4v) is 9.71. The first kappa shape index (κ1) is 35.6. The molecule has 0 radical (unpaired) electrons. The zero-order chi connectivity index (χ0) is 39.2. The van der Waals surface area contributed by atoms with E-state index >= 15 is 0 Å². The van der Waals surface area contributed by atoms with Gasteiger partial charge in [0.2, 0.25) is 0 Å². The number of furan rings is 1. The first-order valence-corrected chi connectivity index (χ1v) is 20.8. The average Bonchev–Trinajstić information content (AvgIpc) is 3.85. The van der Waals surface area contributed by atoms with E-state index in [1.165, 1.54) is 49.7 Å². The summed E-state index contributed by atoms with van der Waals surface area (Å²) in [6, 6.07) is 55.5. The molecule has 0 amide bonds. The van der Waals surface area contributed by atoms with Crippen molar-refractivity contribution in [1.82, 2.24) is 0 Å². The minimum atomic E-state index is 0.490. The Kier molecular flexibility index (Phi) is 9.20. The average molecular weight is 767 g/mol. The van der Waals surface area contributed by atoms with Crippen LogP contribution in [0, 0.1) is 5.92 Å². The standard InChI is InChI=1S/C54H42N2OS/c1-34-21-23-36(24-22-34)37-25-27-38(28-26-37)40-29-30-50-47(32-40)53-43(16-10-19-51(53)57-50)35(2)56-49(39-11-4-3-5-12-39)33-48(55)42-14-8-13-41(31-42)44-17-9-18-46-45-15-6-7-20-52(45)58-54(44)46/h3-21,23,25-34,36H,2,22,24,55H2,1H3/b48-33-,56-49?. The van der Waals surface area contributed by atoms with Gasteiger partial charge in [-0.25, -0.2) is 4.99 Å². The molecule has 0 saturated carbocycles. The first-order valence-electron chi connectivity index (χ1n) is 20.0. The van der Waals surface area contributed by atoms with Crippen LogP contribution < -0.4 is 5.73 Å². The Hall–Kier alpha value is -6.75. The van der Waals surface area contributed by atoms with Crippen LogP contribution in [-0.2, 0) is 0 Å². The number of hydrogen-bond donors (Lipinski definition) is 1. The summed E-state index contributed by atoms with van der Waals surface area (Å²) in [5, 5.41) is 4.60. The smallest absolute Gasteiger partial charge is 0.136 e. The van der Waals surface area contributed by atoms with Gasteiger partial charge in [0.1, 0.15) is 11.2 Å². The highest BCUT2D eigenvalue weighted by Gasteiger charge is 2.18. The number of allylic oxidation sites excluding steroid dienone is 3. The normalized spacial score (nSPS) is 16.2. The molecule has 4 heteroatoms. The van der Waals surface area contributed by atoms with E-state index < -0.39 is 0 Å². The van der Waals surface area contributed by atoms with Gasteiger partial charge in [-0.1, -0.05) is 153 Å². The van der Waals surface area contributed by atoms with Crippen LogP contribution in [0.25, 0.3) is 75.8 Å². The summed E-state index contributed by atoms with van der Waals surface area (Å²) in [5.74, 6) is 1.16. The van der Waals surface area contributed by atoms with Crippen LogP contribution in [0.3, 0.4) is 0 Å². The molecule has 2 unspecified atom stereocenters. The number of nitrogens with zero attached hydrogens (tertiary/aromatic N) is 1. The molecule has 1 aliphatic rings. The van der Waals surface area contributed by atoms with Crippen molar-refractivity contribution in [2.75, 3.05) is 0 Å². The van der Waals surface area contributed by atoms with Gasteiger partial charge >= 0.3 is 0 Å². The van der Waals surface area contributed by atoms with Gasteiger partial charge in [0.25, 0.3) is 0 Å². The third kappa shape index (κ3) is 6.66. The van der Waals surface area contributed by atoms with Crippen molar-refractivity contribution < 1.29 is 4.42 Å². The van der Waals surface area contributed by atoms with Crippen LogP contribution >= 0.6 is 11.3 Å². The van der Waals surface area contributed by atoms with E-state index in [0.29, 0.717) is 23.2 Å². The largest absolute Gasteiger partial charge is 0.456 e. The molecular formula is C54H42N2OS. The number of thiophene rings is 1. The van der Waals surface area contributed by atoms with Gasteiger partial charge in [0.05, 0.1) is 11.4 Å². The molecule has 2 heterocycles. The topological polar surface area (TPSA) is 51.5 Å². The van der Waals surface area contributed by atoms with Gasteiger partial charge in [-0.2, -0.15) is 0 Å². The molecule has 2 atom stereocenters. The van der Waals surface area contributed by atoms with E-state index in [4.69, 9.17) is 15.1 Å². The molecular weight excluding hydrogens is 725 g/mol. The highest BCUT2D eigenvalue weighted by atomic mass is 32.1. The van der Waals surface area contributed by atoms with Gasteiger partial charge in [-0.05, 0) is 88.5 Å². The molecule has 3 nitrogen and oxygen atoms in total. The van der Waals surface area contributed by atoms with Gasteiger partial charge in [0.15, 0.2) is 0 Å². The van der Waals surface area contributed by atoms with E-state index in [-0.39, 0.29) is 0 Å². The molecule has 0 aliphatic heterocycles. The number of rotatable bonds is 8. The minimum Gasteiger partial charge on any atom is -0.456 e. The van der Waals surface area contributed by atoms with Crippen LogP contribution in [-0.4, -0.2) is 5.71 Å². The maximum atomic E-state index is 6.98. The number of benzene rings is 7. The second kappa shape index (κ2) is 15.0. The summed E-state index contributed by atoms with van der Waals surface area (Å²) < 4.78 is 8.98. The van der Waals surface area contributed by atoms with Crippen molar-refractivity contribution in [1.29, 1.82) is 0 Å². The number of hydrogen-bond acceptors (Lipinski definition) is 4. The lowest BCUT2D eigenvalue weighted by atomic mass is 9.85. The number of fused-ring (bicyclic) bond motifs is 6. The van der Waals surface area contributed by atoms with Crippen LogP contribution in [0.4, 0.5) is 0 Å². The van der Waals surface area contributed by atoms with Crippen molar-refractivity contribution in [3.63, 3.8) is 0 Å². The number of nitrogens with two attached hydrogens (primary N) is 1. The van der Waals surface area contributed by atoms with Crippen LogP contribution in [0.15, 0.2) is 192 Å². The summed E-state index contributed by atoms with van der Waals surface area (Å²) >= 11 is 1.83. The lowest BCUT2D eigenvalue weighted by molar-refractivity contribution is 0.545. The molecule has 2 N–H and O–H groups in total. The van der Waals surface area contributed by atoms with Gasteiger partial charge in [-0.15, -0.1) is 11.3 Å². The third-order valence-electron chi connectivity index (χ3n) is 11.6. The van der Waals surface area contributed by atoms with Crippen LogP contribution in [0.5, 0.6) is 0 Å². The Morgan fingerprint density at radius 1 is 0.672 bits per heavy atom. The first-order chi connectivity index (χ1) is 28.5. The van der Waals surface area contributed by atoms with Crippen molar-refractivity contribution in [3.8, 4) is 22.3 Å². The third-order valence-corrected chi connectivity index (χ3v) is 12.8. The Morgan fingerprint density at radius 2 is 1.43 bits per heavy atom. The predicted octanol–water partition coefficient (Wildman–Crippen LogP) is 14.8. The fourth-order valence-electron chi connectivity index (χ4n) is 8.47. The molecule has 0 fully saturated rings. The minimum absolute atomic E-state index is 0.490. The molecule has 1 aliphatic carbocycles. The van der Waals surface area contributed by atoms with E-state index in [2.05, 4.69) is 153 Å². The monoisotopic (exact) mass is 766 g/mol. The summed E-state index contributed by atoms with van der Waals surface area (Å²) in [7, 11) is 0. The Labute approximate surface area is 342 Å². The summed E-state index contributed by atoms with van der Waals surface area (Å²) in [6.07, 6.45) is 9.15. The maximum Gasteiger partial charge on any atom is 0.136 e. The number of aliphatic imine (C=N–C) groups is 1. The van der Waals surface area contributed by atoms with Crippen LogP contribution in [0.1, 0.15) is 47.9 Å². The zero-order valence-electron chi connectivity index (χ0n) is 32.4. The predicted molar refractivity (Wildman–Crippen MR) is 248 cm³/mol. The van der Waals surface area contributed by atoms with E-state index in [1.54, 1.807) is 0 Å². The highest BCUT2D eigenvalue weighted by molar-refractivity contribution is 7.26. The Bertz CT molecular complexity index is 3110. The molecule has 2 aromatic heterocycles.